The van der Waals surface area contributed by atoms with Crippen LogP contribution in [-0.4, -0.2) is 28.2 Å². The number of rotatable bonds is 10. The lowest BCUT2D eigenvalue weighted by Gasteiger charge is -2.03. The van der Waals surface area contributed by atoms with Crippen LogP contribution in [0.4, 0.5) is 0 Å². The van der Waals surface area contributed by atoms with E-state index in [-0.39, 0.29) is 12.2 Å². The lowest BCUT2D eigenvalue weighted by molar-refractivity contribution is -0.120. The molecule has 0 aromatic heterocycles. The molecule has 0 radical (unpaired) electrons. The van der Waals surface area contributed by atoms with Gasteiger partial charge in [-0.1, -0.05) is 50.0 Å². The molecule has 2 N–H and O–H groups in total. The van der Waals surface area contributed by atoms with Crippen molar-refractivity contribution in [1.29, 1.82) is 0 Å². The molecule has 0 rings (SSSR count). The first kappa shape index (κ1) is 19.6. The SMILES string of the molecule is CCC=CCCC(=O)CC(O)C#CC(O)CCC=CCC. The van der Waals surface area contributed by atoms with E-state index in [1.165, 1.54) is 0 Å². The van der Waals surface area contributed by atoms with Gasteiger partial charge in [0.25, 0.3) is 0 Å². The van der Waals surface area contributed by atoms with Crippen molar-refractivity contribution >= 4 is 5.78 Å². The Kier molecular flexibility index (Phi) is 12.7. The van der Waals surface area contributed by atoms with Gasteiger partial charge in [-0.15, -0.1) is 0 Å². The van der Waals surface area contributed by atoms with Crippen LogP contribution in [0.2, 0.25) is 0 Å². The van der Waals surface area contributed by atoms with Gasteiger partial charge in [-0.05, 0) is 32.1 Å². The first-order valence-corrected chi connectivity index (χ1v) is 7.79. The number of aliphatic hydroxyl groups is 2. The Morgan fingerprint density at radius 2 is 1.52 bits per heavy atom. The smallest absolute Gasteiger partial charge is 0.136 e. The summed E-state index contributed by atoms with van der Waals surface area (Å²) in [4.78, 5) is 11.6. The highest BCUT2D eigenvalue weighted by atomic mass is 16.3. The highest BCUT2D eigenvalue weighted by Crippen LogP contribution is 2.02. The molecule has 0 aliphatic heterocycles. The van der Waals surface area contributed by atoms with Crippen molar-refractivity contribution in [3.63, 3.8) is 0 Å². The number of carbonyl (C=O) groups is 1. The third-order valence-corrected chi connectivity index (χ3v) is 2.84. The van der Waals surface area contributed by atoms with E-state index >= 15 is 0 Å². The summed E-state index contributed by atoms with van der Waals surface area (Å²) < 4.78 is 0. The van der Waals surface area contributed by atoms with Gasteiger partial charge in [0.05, 0.1) is 0 Å². The van der Waals surface area contributed by atoms with E-state index in [1.54, 1.807) is 0 Å². The summed E-state index contributed by atoms with van der Waals surface area (Å²) in [6.45, 7) is 4.10. The molecule has 3 nitrogen and oxygen atoms in total. The maximum atomic E-state index is 11.6. The van der Waals surface area contributed by atoms with Crippen LogP contribution in [0.3, 0.4) is 0 Å². The lowest BCUT2D eigenvalue weighted by atomic mass is 10.1. The molecule has 3 heteroatoms. The Bertz CT molecular complexity index is 385. The Morgan fingerprint density at radius 1 is 0.952 bits per heavy atom. The Labute approximate surface area is 128 Å². The zero-order valence-electron chi connectivity index (χ0n) is 13.2. The van der Waals surface area contributed by atoms with Crippen LogP contribution in [0.1, 0.15) is 58.8 Å². The van der Waals surface area contributed by atoms with E-state index in [1.807, 2.05) is 31.2 Å². The predicted molar refractivity (Wildman–Crippen MR) is 86.7 cm³/mol. The molecule has 0 fully saturated rings. The molecule has 0 saturated carbocycles. The molecule has 0 aromatic rings. The molecule has 2 atom stereocenters. The number of allylic oxidation sites excluding steroid dienone is 4. The van der Waals surface area contributed by atoms with Crippen molar-refractivity contribution in [2.24, 2.45) is 0 Å². The van der Waals surface area contributed by atoms with Crippen LogP contribution in [0.5, 0.6) is 0 Å². The maximum Gasteiger partial charge on any atom is 0.136 e. The fourth-order valence-electron chi connectivity index (χ4n) is 1.70. The summed E-state index contributed by atoms with van der Waals surface area (Å²) in [5.41, 5.74) is 0. The topological polar surface area (TPSA) is 57.5 Å². The molecule has 0 spiro atoms. The zero-order chi connectivity index (χ0) is 15.9. The van der Waals surface area contributed by atoms with Crippen molar-refractivity contribution in [1.82, 2.24) is 0 Å². The Balaban J connectivity index is 3.93. The van der Waals surface area contributed by atoms with Crippen molar-refractivity contribution in [3.8, 4) is 11.8 Å². The molecule has 0 aromatic carbocycles. The van der Waals surface area contributed by atoms with E-state index in [0.29, 0.717) is 19.3 Å². The van der Waals surface area contributed by atoms with Crippen molar-refractivity contribution in [3.05, 3.63) is 24.3 Å². The van der Waals surface area contributed by atoms with Gasteiger partial charge in [0.2, 0.25) is 0 Å². The summed E-state index contributed by atoms with van der Waals surface area (Å²) in [5, 5.41) is 19.3. The Hall–Kier alpha value is -1.37. The van der Waals surface area contributed by atoms with Gasteiger partial charge in [-0.25, -0.2) is 0 Å². The molecule has 21 heavy (non-hydrogen) atoms. The normalized spacial score (nSPS) is 14.1. The average Bonchev–Trinajstić information content (AvgIpc) is 2.46. The third kappa shape index (κ3) is 13.4. The number of carbonyl (C=O) groups excluding carboxylic acids is 1. The average molecular weight is 292 g/mol. The van der Waals surface area contributed by atoms with Crippen LogP contribution in [0.25, 0.3) is 0 Å². The van der Waals surface area contributed by atoms with E-state index in [0.717, 1.165) is 19.3 Å². The van der Waals surface area contributed by atoms with Gasteiger partial charge in [0, 0.05) is 12.8 Å². The van der Waals surface area contributed by atoms with Gasteiger partial charge < -0.3 is 10.2 Å². The minimum atomic E-state index is -0.978. The first-order valence-electron chi connectivity index (χ1n) is 7.79. The van der Waals surface area contributed by atoms with Gasteiger partial charge in [-0.3, -0.25) is 4.79 Å². The van der Waals surface area contributed by atoms with Crippen LogP contribution in [0, 0.1) is 11.8 Å². The summed E-state index contributed by atoms with van der Waals surface area (Å²) in [7, 11) is 0. The second kappa shape index (κ2) is 13.6. The fourth-order valence-corrected chi connectivity index (χ4v) is 1.70. The zero-order valence-corrected chi connectivity index (χ0v) is 13.2. The van der Waals surface area contributed by atoms with Gasteiger partial charge >= 0.3 is 0 Å². The fraction of sp³-hybridized carbons (Fsp3) is 0.611. The molecule has 0 bridgehead atoms. The molecule has 0 saturated heterocycles. The quantitative estimate of drug-likeness (QED) is 0.480. The number of hydrogen-bond donors (Lipinski definition) is 2. The van der Waals surface area contributed by atoms with E-state index in [9.17, 15) is 15.0 Å². The van der Waals surface area contributed by atoms with Crippen LogP contribution in [-0.2, 0) is 4.79 Å². The largest absolute Gasteiger partial charge is 0.380 e. The van der Waals surface area contributed by atoms with Crippen LogP contribution >= 0.6 is 0 Å². The maximum absolute atomic E-state index is 11.6. The van der Waals surface area contributed by atoms with Crippen molar-refractivity contribution in [2.75, 3.05) is 0 Å². The number of aliphatic hydroxyl groups excluding tert-OH is 2. The first-order chi connectivity index (χ1) is 10.1. The van der Waals surface area contributed by atoms with E-state index in [2.05, 4.69) is 18.8 Å². The molecule has 0 heterocycles. The minimum absolute atomic E-state index is 0.00192. The summed E-state index contributed by atoms with van der Waals surface area (Å²) >= 11 is 0. The number of Topliss-reactive ketones (excluding diaryl/α,β-unsaturated/α-hetero) is 1. The van der Waals surface area contributed by atoms with Gasteiger partial charge in [0.1, 0.15) is 18.0 Å². The predicted octanol–water partition coefficient (Wildman–Crippen LogP) is 3.16. The minimum Gasteiger partial charge on any atom is -0.380 e. The van der Waals surface area contributed by atoms with E-state index in [4.69, 9.17) is 0 Å². The lowest BCUT2D eigenvalue weighted by Crippen LogP contribution is -2.12. The highest BCUT2D eigenvalue weighted by Gasteiger charge is 2.07. The Morgan fingerprint density at radius 3 is 2.14 bits per heavy atom. The summed E-state index contributed by atoms with van der Waals surface area (Å²) in [6, 6.07) is 0. The molecular weight excluding hydrogens is 264 g/mol. The van der Waals surface area contributed by atoms with Crippen molar-refractivity contribution < 1.29 is 15.0 Å². The molecule has 0 aliphatic rings. The molecular formula is C18H28O3. The third-order valence-electron chi connectivity index (χ3n) is 2.84. The molecule has 0 amide bonds. The molecule has 118 valence electrons. The van der Waals surface area contributed by atoms with E-state index < -0.39 is 12.2 Å². The second-order valence-corrected chi connectivity index (χ2v) is 4.94. The van der Waals surface area contributed by atoms with Gasteiger partial charge in [-0.2, -0.15) is 0 Å². The van der Waals surface area contributed by atoms with Gasteiger partial charge in [0.15, 0.2) is 0 Å². The molecule has 0 aliphatic carbocycles. The summed E-state index contributed by atoms with van der Waals surface area (Å²) in [6.07, 6.45) is 10.8. The number of hydrogen-bond acceptors (Lipinski definition) is 3. The standard InChI is InChI=1S/C18H28O3/c1-3-5-7-9-11-16(19)13-14-18(21)15-17(20)12-10-8-6-4-2/h5-8,16,18-19,21H,3-4,9-12,15H2,1-2H3. The monoisotopic (exact) mass is 292 g/mol. The van der Waals surface area contributed by atoms with Crippen LogP contribution in [0.15, 0.2) is 24.3 Å². The van der Waals surface area contributed by atoms with Crippen LogP contribution < -0.4 is 0 Å². The van der Waals surface area contributed by atoms with Crippen molar-refractivity contribution in [2.45, 2.75) is 71.0 Å². The summed E-state index contributed by atoms with van der Waals surface area (Å²) in [5.74, 6) is 5.14. The highest BCUT2D eigenvalue weighted by molar-refractivity contribution is 5.79. The second-order valence-electron chi connectivity index (χ2n) is 4.94. The number of ketones is 1. The molecule has 2 unspecified atom stereocenters.